The topological polar surface area (TPSA) is 20.3 Å². The van der Waals surface area contributed by atoms with Crippen LogP contribution in [0.15, 0.2) is 43.0 Å². The highest BCUT2D eigenvalue weighted by Gasteiger charge is 2.52. The van der Waals surface area contributed by atoms with E-state index in [1.165, 1.54) is 12.0 Å². The Kier molecular flexibility index (Phi) is 3.41. The number of nitrogens with zero attached hydrogens (tertiary/aromatic N) is 1. The number of carbonyl (C=O) groups is 1. The van der Waals surface area contributed by atoms with Crippen molar-refractivity contribution < 1.29 is 4.79 Å². The molecule has 2 fully saturated rings. The Morgan fingerprint density at radius 3 is 2.70 bits per heavy atom. The van der Waals surface area contributed by atoms with E-state index in [4.69, 9.17) is 0 Å². The van der Waals surface area contributed by atoms with E-state index in [-0.39, 0.29) is 5.41 Å². The fourth-order valence-electron chi connectivity index (χ4n) is 3.20. The lowest BCUT2D eigenvalue weighted by atomic mass is 10.00. The maximum atomic E-state index is 12.3. The number of hydrogen-bond donors (Lipinski definition) is 0. The third-order valence-corrected chi connectivity index (χ3v) is 4.69. The molecule has 1 aromatic carbocycles. The number of benzene rings is 1. The van der Waals surface area contributed by atoms with Gasteiger partial charge in [0.25, 0.3) is 0 Å². The van der Waals surface area contributed by atoms with Gasteiger partial charge in [-0.1, -0.05) is 43.3 Å². The van der Waals surface area contributed by atoms with Crippen LogP contribution in [0.3, 0.4) is 0 Å². The lowest BCUT2D eigenvalue weighted by Crippen LogP contribution is -2.37. The summed E-state index contributed by atoms with van der Waals surface area (Å²) in [5.74, 6) is 1.24. The predicted molar refractivity (Wildman–Crippen MR) is 81.4 cm³/mol. The van der Waals surface area contributed by atoms with Crippen molar-refractivity contribution in [1.29, 1.82) is 0 Å². The molecule has 2 aliphatic rings. The first-order valence-corrected chi connectivity index (χ1v) is 7.59. The summed E-state index contributed by atoms with van der Waals surface area (Å²) in [4.78, 5) is 14.3. The monoisotopic (exact) mass is 269 g/mol. The van der Waals surface area contributed by atoms with Gasteiger partial charge >= 0.3 is 0 Å². The van der Waals surface area contributed by atoms with Gasteiger partial charge in [-0.05, 0) is 36.2 Å². The minimum Gasteiger partial charge on any atom is -0.338 e. The van der Waals surface area contributed by atoms with Gasteiger partial charge in [0.1, 0.15) is 0 Å². The number of rotatable bonds is 6. The van der Waals surface area contributed by atoms with Crippen molar-refractivity contribution >= 4 is 5.91 Å². The maximum Gasteiger partial charge on any atom is 0.225 e. The fourth-order valence-corrected chi connectivity index (χ4v) is 3.20. The minimum absolute atomic E-state index is 0.245. The normalized spacial score (nSPS) is 27.9. The lowest BCUT2D eigenvalue weighted by Gasteiger charge is -2.25. The molecule has 0 N–H and O–H groups in total. The molecule has 0 radical (unpaired) electrons. The van der Waals surface area contributed by atoms with E-state index in [0.29, 0.717) is 24.3 Å². The predicted octanol–water partition coefficient (Wildman–Crippen LogP) is 3.60. The molecule has 3 rings (SSSR count). The Morgan fingerprint density at radius 1 is 1.40 bits per heavy atom. The van der Waals surface area contributed by atoms with Crippen molar-refractivity contribution in [1.82, 2.24) is 4.90 Å². The molecular weight excluding hydrogens is 246 g/mol. The van der Waals surface area contributed by atoms with Crippen molar-refractivity contribution in [3.05, 3.63) is 48.6 Å². The highest BCUT2D eigenvalue weighted by molar-refractivity contribution is 5.81. The molecule has 0 saturated heterocycles. The average Bonchev–Trinajstić information content (AvgIpc) is 3.35. The van der Waals surface area contributed by atoms with E-state index >= 15 is 0 Å². The Labute approximate surface area is 121 Å². The third-order valence-electron chi connectivity index (χ3n) is 4.69. The molecule has 106 valence electrons. The van der Waals surface area contributed by atoms with E-state index in [2.05, 4.69) is 43.8 Å². The SMILES string of the molecule is C=CCN(C[C@@]1(C)C[C@H]1c1ccccc1)C(=O)C1CC1. The van der Waals surface area contributed by atoms with E-state index in [1.54, 1.807) is 0 Å². The summed E-state index contributed by atoms with van der Waals surface area (Å²) in [7, 11) is 0. The van der Waals surface area contributed by atoms with Crippen LogP contribution in [-0.4, -0.2) is 23.9 Å². The van der Waals surface area contributed by atoms with Crippen molar-refractivity contribution in [2.45, 2.75) is 32.1 Å². The Morgan fingerprint density at radius 2 is 2.10 bits per heavy atom. The summed E-state index contributed by atoms with van der Waals surface area (Å²) in [6.45, 7) is 7.66. The molecule has 0 unspecified atom stereocenters. The van der Waals surface area contributed by atoms with Gasteiger partial charge in [-0.25, -0.2) is 0 Å². The molecule has 1 amide bonds. The molecule has 0 heterocycles. The average molecular weight is 269 g/mol. The Balaban J connectivity index is 1.67. The van der Waals surface area contributed by atoms with E-state index in [0.717, 1.165) is 19.4 Å². The second kappa shape index (κ2) is 5.08. The van der Waals surface area contributed by atoms with Crippen LogP contribution in [0.5, 0.6) is 0 Å². The van der Waals surface area contributed by atoms with Gasteiger partial charge in [-0.2, -0.15) is 0 Å². The minimum atomic E-state index is 0.245. The van der Waals surface area contributed by atoms with Crippen LogP contribution in [-0.2, 0) is 4.79 Å². The summed E-state index contributed by atoms with van der Waals surface area (Å²) in [6.07, 6.45) is 5.18. The Hall–Kier alpha value is -1.57. The molecule has 2 atom stereocenters. The molecule has 2 aliphatic carbocycles. The molecule has 2 heteroatoms. The zero-order valence-corrected chi connectivity index (χ0v) is 12.2. The third kappa shape index (κ3) is 2.65. The summed E-state index contributed by atoms with van der Waals surface area (Å²) in [5.41, 5.74) is 1.65. The molecule has 2 nitrogen and oxygen atoms in total. The highest BCUT2D eigenvalue weighted by atomic mass is 16.2. The van der Waals surface area contributed by atoms with Gasteiger partial charge in [0.15, 0.2) is 0 Å². The summed E-state index contributed by atoms with van der Waals surface area (Å²) < 4.78 is 0. The van der Waals surface area contributed by atoms with Gasteiger partial charge in [0.2, 0.25) is 5.91 Å². The van der Waals surface area contributed by atoms with Crippen LogP contribution in [0.4, 0.5) is 0 Å². The van der Waals surface area contributed by atoms with Crippen molar-refractivity contribution in [2.75, 3.05) is 13.1 Å². The second-order valence-corrected chi connectivity index (χ2v) is 6.60. The van der Waals surface area contributed by atoms with Crippen LogP contribution in [0.2, 0.25) is 0 Å². The van der Waals surface area contributed by atoms with Crippen LogP contribution in [0.25, 0.3) is 0 Å². The maximum absolute atomic E-state index is 12.3. The fraction of sp³-hybridized carbons (Fsp3) is 0.500. The molecule has 0 spiro atoms. The first kappa shape index (κ1) is 13.4. The standard InChI is InChI=1S/C18H23NO/c1-3-11-19(17(20)15-9-10-15)13-18(2)12-16(18)14-7-5-4-6-8-14/h3-8,15-16H,1,9-13H2,2H3/t16-,18+/m0/s1. The van der Waals surface area contributed by atoms with Crippen LogP contribution < -0.4 is 0 Å². The zero-order chi connectivity index (χ0) is 14.2. The molecule has 2 saturated carbocycles. The molecule has 0 aliphatic heterocycles. The summed E-state index contributed by atoms with van der Waals surface area (Å²) >= 11 is 0. The van der Waals surface area contributed by atoms with Gasteiger partial charge in [0.05, 0.1) is 0 Å². The zero-order valence-electron chi connectivity index (χ0n) is 12.2. The second-order valence-electron chi connectivity index (χ2n) is 6.60. The number of amides is 1. The van der Waals surface area contributed by atoms with Crippen LogP contribution in [0.1, 0.15) is 37.7 Å². The first-order valence-electron chi connectivity index (χ1n) is 7.59. The summed E-state index contributed by atoms with van der Waals surface area (Å²) in [6, 6.07) is 10.7. The van der Waals surface area contributed by atoms with Crippen molar-refractivity contribution in [2.24, 2.45) is 11.3 Å². The highest BCUT2D eigenvalue weighted by Crippen LogP contribution is 2.59. The summed E-state index contributed by atoms with van der Waals surface area (Å²) in [5, 5.41) is 0. The van der Waals surface area contributed by atoms with Crippen LogP contribution in [0, 0.1) is 11.3 Å². The van der Waals surface area contributed by atoms with Crippen molar-refractivity contribution in [3.8, 4) is 0 Å². The molecule has 20 heavy (non-hydrogen) atoms. The van der Waals surface area contributed by atoms with Gasteiger partial charge in [-0.3, -0.25) is 4.79 Å². The van der Waals surface area contributed by atoms with Gasteiger partial charge < -0.3 is 4.90 Å². The smallest absolute Gasteiger partial charge is 0.225 e. The molecule has 0 bridgehead atoms. The van der Waals surface area contributed by atoms with Gasteiger partial charge in [-0.15, -0.1) is 6.58 Å². The number of carbonyl (C=O) groups excluding carboxylic acids is 1. The molecular formula is C18H23NO. The lowest BCUT2D eigenvalue weighted by molar-refractivity contribution is -0.132. The Bertz CT molecular complexity index is 505. The van der Waals surface area contributed by atoms with Gasteiger partial charge in [0, 0.05) is 19.0 Å². The van der Waals surface area contributed by atoms with Crippen LogP contribution >= 0.6 is 0 Å². The first-order chi connectivity index (χ1) is 9.64. The largest absolute Gasteiger partial charge is 0.338 e. The van der Waals surface area contributed by atoms with Crippen molar-refractivity contribution in [3.63, 3.8) is 0 Å². The molecule has 1 aromatic rings. The van der Waals surface area contributed by atoms with E-state index in [9.17, 15) is 4.79 Å². The number of hydrogen-bond acceptors (Lipinski definition) is 1. The quantitative estimate of drug-likeness (QED) is 0.722. The van der Waals surface area contributed by atoms with E-state index in [1.807, 2.05) is 11.0 Å². The van der Waals surface area contributed by atoms with E-state index < -0.39 is 0 Å². The molecule has 0 aromatic heterocycles.